The van der Waals surface area contributed by atoms with Crippen LogP contribution in [0.4, 0.5) is 0 Å². The number of ether oxygens (including phenoxy) is 1. The van der Waals surface area contributed by atoms with E-state index < -0.39 is 23.2 Å². The normalized spacial score (nSPS) is 13.3. The predicted octanol–water partition coefficient (Wildman–Crippen LogP) is 6.88. The molecule has 8 heteroatoms. The summed E-state index contributed by atoms with van der Waals surface area (Å²) >= 11 is 6.13. The number of hydrogen-bond acceptors (Lipinski definition) is 6. The number of imide groups is 1. The summed E-state index contributed by atoms with van der Waals surface area (Å²) in [6.45, 7) is 10.3. The molecule has 1 aromatic heterocycles. The Kier molecular flexibility index (Phi) is 6.88. The molecule has 0 spiro atoms. The molecule has 0 N–H and O–H groups in total. The summed E-state index contributed by atoms with van der Waals surface area (Å²) in [7, 11) is 0. The second-order valence-corrected chi connectivity index (χ2v) is 11.8. The Balaban J connectivity index is 1.57. The predicted molar refractivity (Wildman–Crippen MR) is 153 cm³/mol. The Morgan fingerprint density at radius 3 is 2.25 bits per heavy atom. The number of halogens is 1. The Hall–Kier alpha value is -4.23. The summed E-state index contributed by atoms with van der Waals surface area (Å²) in [6.07, 6.45) is 0. The van der Waals surface area contributed by atoms with Crippen LogP contribution in [0.15, 0.2) is 69.9 Å². The molecule has 0 radical (unpaired) electrons. The fourth-order valence-corrected chi connectivity index (χ4v) is 4.83. The van der Waals surface area contributed by atoms with E-state index in [2.05, 4.69) is 20.8 Å². The third-order valence-electron chi connectivity index (χ3n) is 6.77. The first-order valence-corrected chi connectivity index (χ1v) is 13.3. The van der Waals surface area contributed by atoms with Crippen molar-refractivity contribution >= 4 is 40.4 Å². The summed E-state index contributed by atoms with van der Waals surface area (Å²) in [6, 6.07) is 16.3. The number of amides is 2. The third-order valence-corrected chi connectivity index (χ3v) is 7.01. The molecule has 0 unspecified atom stereocenters. The van der Waals surface area contributed by atoms with Gasteiger partial charge in [0.25, 0.3) is 11.8 Å². The molecule has 2 heterocycles. The van der Waals surface area contributed by atoms with Crippen LogP contribution in [0.5, 0.6) is 5.75 Å². The Morgan fingerprint density at radius 1 is 0.925 bits per heavy atom. The van der Waals surface area contributed by atoms with Gasteiger partial charge in [0.1, 0.15) is 5.58 Å². The van der Waals surface area contributed by atoms with Gasteiger partial charge in [0.15, 0.2) is 5.76 Å². The third kappa shape index (κ3) is 4.93. The minimum absolute atomic E-state index is 0.0194. The minimum atomic E-state index is -0.869. The van der Waals surface area contributed by atoms with Gasteiger partial charge in [0.05, 0.1) is 22.1 Å². The molecule has 40 heavy (non-hydrogen) atoms. The lowest BCUT2D eigenvalue weighted by Gasteiger charge is -2.19. The maximum Gasteiger partial charge on any atom is 0.343 e. The highest BCUT2D eigenvalue weighted by molar-refractivity contribution is 6.31. The van der Waals surface area contributed by atoms with E-state index in [1.54, 1.807) is 24.3 Å². The van der Waals surface area contributed by atoms with E-state index in [1.165, 1.54) is 29.2 Å². The molecule has 0 saturated heterocycles. The molecule has 0 atom stereocenters. The van der Waals surface area contributed by atoms with Crippen LogP contribution >= 0.6 is 11.6 Å². The number of benzene rings is 3. The molecule has 0 saturated carbocycles. The van der Waals surface area contributed by atoms with Gasteiger partial charge in [0, 0.05) is 17.1 Å². The monoisotopic (exact) mass is 557 g/mol. The first kappa shape index (κ1) is 27.3. The van der Waals surface area contributed by atoms with Crippen LogP contribution in [0.1, 0.15) is 71.3 Å². The van der Waals surface area contributed by atoms with Gasteiger partial charge in [-0.15, -0.1) is 0 Å². The number of nitrogens with zero attached hydrogens (tertiary/aromatic N) is 1. The Labute approximate surface area is 236 Å². The van der Waals surface area contributed by atoms with Crippen molar-refractivity contribution in [2.24, 2.45) is 5.92 Å². The lowest BCUT2D eigenvalue weighted by molar-refractivity contribution is 0.0635. The van der Waals surface area contributed by atoms with Gasteiger partial charge >= 0.3 is 5.97 Å². The molecule has 5 rings (SSSR count). The van der Waals surface area contributed by atoms with Crippen molar-refractivity contribution in [3.05, 3.63) is 98.2 Å². The van der Waals surface area contributed by atoms with E-state index in [1.807, 2.05) is 26.0 Å². The Morgan fingerprint density at radius 2 is 1.60 bits per heavy atom. The summed E-state index contributed by atoms with van der Waals surface area (Å²) < 4.78 is 11.8. The summed E-state index contributed by atoms with van der Waals surface area (Å²) in [5.74, 6) is -1.86. The molecule has 0 fully saturated rings. The molecule has 2 amide bonds. The maximum absolute atomic E-state index is 13.6. The van der Waals surface area contributed by atoms with Crippen molar-refractivity contribution in [2.45, 2.75) is 40.0 Å². The zero-order valence-electron chi connectivity index (χ0n) is 22.8. The molecule has 3 aromatic carbocycles. The number of hydrogen-bond donors (Lipinski definition) is 0. The molecule has 0 aliphatic carbocycles. The van der Waals surface area contributed by atoms with Gasteiger partial charge in [0.2, 0.25) is 11.2 Å². The molecule has 0 bridgehead atoms. The average Bonchev–Trinajstić information content (AvgIpc) is 3.14. The van der Waals surface area contributed by atoms with Crippen molar-refractivity contribution in [1.29, 1.82) is 0 Å². The topological polar surface area (TPSA) is 93.9 Å². The van der Waals surface area contributed by atoms with Gasteiger partial charge in [-0.2, -0.15) is 0 Å². The van der Waals surface area contributed by atoms with Crippen molar-refractivity contribution in [3.8, 4) is 17.1 Å². The molecule has 1 aliphatic heterocycles. The number of fused-ring (bicyclic) bond motifs is 2. The summed E-state index contributed by atoms with van der Waals surface area (Å²) in [4.78, 5) is 53.8. The fourth-order valence-electron chi connectivity index (χ4n) is 4.65. The van der Waals surface area contributed by atoms with Crippen LogP contribution in [0, 0.1) is 5.92 Å². The van der Waals surface area contributed by atoms with Gasteiger partial charge in [-0.25, -0.2) is 4.79 Å². The van der Waals surface area contributed by atoms with E-state index in [-0.39, 0.29) is 57.0 Å². The summed E-state index contributed by atoms with van der Waals surface area (Å²) in [5.41, 5.74) is 1.62. The van der Waals surface area contributed by atoms with Crippen molar-refractivity contribution in [1.82, 2.24) is 4.90 Å². The largest absolute Gasteiger partial charge is 0.452 e. The lowest BCUT2D eigenvalue weighted by atomic mass is 9.86. The van der Waals surface area contributed by atoms with Crippen LogP contribution < -0.4 is 10.2 Å². The zero-order chi connectivity index (χ0) is 28.9. The summed E-state index contributed by atoms with van der Waals surface area (Å²) in [5, 5.41) is 0.483. The van der Waals surface area contributed by atoms with Crippen LogP contribution in [0.3, 0.4) is 0 Å². The molecule has 1 aliphatic rings. The van der Waals surface area contributed by atoms with Crippen molar-refractivity contribution in [3.63, 3.8) is 0 Å². The quantitative estimate of drug-likeness (QED) is 0.196. The second-order valence-electron chi connectivity index (χ2n) is 11.3. The maximum atomic E-state index is 13.6. The van der Waals surface area contributed by atoms with E-state index in [4.69, 9.17) is 20.8 Å². The zero-order valence-corrected chi connectivity index (χ0v) is 23.6. The van der Waals surface area contributed by atoms with Crippen molar-refractivity contribution < 1.29 is 23.5 Å². The van der Waals surface area contributed by atoms with Crippen LogP contribution in [0.2, 0.25) is 5.02 Å². The van der Waals surface area contributed by atoms with Gasteiger partial charge in [-0.3, -0.25) is 19.3 Å². The average molecular weight is 558 g/mol. The van der Waals surface area contributed by atoms with Crippen LogP contribution in [-0.2, 0) is 5.41 Å². The van der Waals surface area contributed by atoms with Gasteiger partial charge in [-0.1, -0.05) is 70.5 Å². The minimum Gasteiger partial charge on any atom is -0.452 e. The first-order valence-electron chi connectivity index (χ1n) is 12.9. The molecule has 204 valence electrons. The SMILES string of the molecule is CC(C)CN1C(=O)c2ccc(C(=O)Oc3c(-c4ccc(C(C)(C)C)cc4)oc4ccc(Cl)cc4c3=O)cc2C1=O. The number of carbonyl (C=O) groups is 3. The van der Waals surface area contributed by atoms with E-state index in [0.717, 1.165) is 5.56 Å². The smallest absolute Gasteiger partial charge is 0.343 e. The van der Waals surface area contributed by atoms with Gasteiger partial charge < -0.3 is 9.15 Å². The first-order chi connectivity index (χ1) is 18.8. The molecular formula is C32H28ClNO6. The lowest BCUT2D eigenvalue weighted by Crippen LogP contribution is -2.33. The van der Waals surface area contributed by atoms with E-state index in [9.17, 15) is 19.2 Å². The standard InChI is InChI=1S/C32H28ClNO6/c1-17(2)16-34-29(36)22-12-8-19(14-23(22)30(34)37)31(38)40-28-26(35)24-15-21(33)11-13-25(24)39-27(28)18-6-9-20(10-7-18)32(3,4)5/h6-15,17H,16H2,1-5H3. The van der Waals surface area contributed by atoms with E-state index in [0.29, 0.717) is 10.6 Å². The van der Waals surface area contributed by atoms with Gasteiger partial charge in [-0.05, 0) is 53.3 Å². The second kappa shape index (κ2) is 10.1. The Bertz CT molecular complexity index is 1740. The number of rotatable bonds is 5. The van der Waals surface area contributed by atoms with Crippen LogP contribution in [0.25, 0.3) is 22.3 Å². The number of esters is 1. The molecule has 4 aromatic rings. The highest BCUT2D eigenvalue weighted by Crippen LogP contribution is 2.34. The number of carbonyl (C=O) groups excluding carboxylic acids is 3. The highest BCUT2D eigenvalue weighted by atomic mass is 35.5. The molecular weight excluding hydrogens is 530 g/mol. The molecule has 7 nitrogen and oxygen atoms in total. The van der Waals surface area contributed by atoms with E-state index >= 15 is 0 Å². The fraction of sp³-hybridized carbons (Fsp3) is 0.250. The highest BCUT2D eigenvalue weighted by Gasteiger charge is 2.36. The van der Waals surface area contributed by atoms with Crippen LogP contribution in [-0.4, -0.2) is 29.2 Å². The van der Waals surface area contributed by atoms with Crippen molar-refractivity contribution in [2.75, 3.05) is 6.54 Å².